The SMILES string of the molecule is CC(C)(C)CP(CC(C)(C)C)c1cccc(Br)c1. The van der Waals surface area contributed by atoms with Crippen LogP contribution in [0.2, 0.25) is 0 Å². The van der Waals surface area contributed by atoms with Crippen LogP contribution in [-0.2, 0) is 0 Å². The summed E-state index contributed by atoms with van der Waals surface area (Å²) in [6.45, 7) is 14.1. The number of rotatable bonds is 3. The smallest absolute Gasteiger partial charge is 0.0181 e. The maximum Gasteiger partial charge on any atom is 0.0181 e. The van der Waals surface area contributed by atoms with E-state index in [2.05, 4.69) is 81.7 Å². The van der Waals surface area contributed by atoms with Gasteiger partial charge in [0, 0.05) is 4.47 Å². The summed E-state index contributed by atoms with van der Waals surface area (Å²) >= 11 is 3.60. The first-order chi connectivity index (χ1) is 8.07. The van der Waals surface area contributed by atoms with Gasteiger partial charge in [-0.25, -0.2) is 0 Å². The molecule has 0 fully saturated rings. The highest BCUT2D eigenvalue weighted by atomic mass is 79.9. The average Bonchev–Trinajstić information content (AvgIpc) is 2.12. The zero-order chi connectivity index (χ0) is 14.0. The Bertz CT molecular complexity index is 369. The minimum atomic E-state index is -0.0781. The third-order valence-corrected chi connectivity index (χ3v) is 6.67. The largest absolute Gasteiger partial charge is 0.0742 e. The Kier molecular flexibility index (Phi) is 5.44. The van der Waals surface area contributed by atoms with E-state index >= 15 is 0 Å². The lowest BCUT2D eigenvalue weighted by molar-refractivity contribution is 0.460. The molecule has 0 spiro atoms. The molecule has 0 N–H and O–H groups in total. The van der Waals surface area contributed by atoms with Gasteiger partial charge in [0.2, 0.25) is 0 Å². The summed E-state index contributed by atoms with van der Waals surface area (Å²) in [5, 5.41) is 1.53. The molecule has 18 heavy (non-hydrogen) atoms. The average molecular weight is 329 g/mol. The Labute approximate surface area is 122 Å². The summed E-state index contributed by atoms with van der Waals surface area (Å²) in [5.41, 5.74) is 0.804. The van der Waals surface area contributed by atoms with Gasteiger partial charge in [-0.15, -0.1) is 0 Å². The maximum absolute atomic E-state index is 3.60. The van der Waals surface area contributed by atoms with E-state index in [4.69, 9.17) is 0 Å². The summed E-state index contributed by atoms with van der Waals surface area (Å²) in [5.74, 6) is 0. The van der Waals surface area contributed by atoms with E-state index in [0.29, 0.717) is 10.8 Å². The van der Waals surface area contributed by atoms with Crippen LogP contribution >= 0.6 is 23.9 Å². The van der Waals surface area contributed by atoms with Crippen molar-refractivity contribution in [3.8, 4) is 0 Å². The van der Waals surface area contributed by atoms with Crippen LogP contribution in [0, 0.1) is 10.8 Å². The van der Waals surface area contributed by atoms with Crippen molar-refractivity contribution in [3.05, 3.63) is 28.7 Å². The van der Waals surface area contributed by atoms with Crippen molar-refractivity contribution in [2.75, 3.05) is 12.3 Å². The maximum atomic E-state index is 3.60. The first-order valence-corrected chi connectivity index (χ1v) is 9.08. The van der Waals surface area contributed by atoms with Crippen molar-refractivity contribution in [2.24, 2.45) is 10.8 Å². The fourth-order valence-electron chi connectivity index (χ4n) is 2.06. The van der Waals surface area contributed by atoms with Crippen LogP contribution in [0.3, 0.4) is 0 Å². The van der Waals surface area contributed by atoms with Gasteiger partial charge in [-0.1, -0.05) is 77.5 Å². The van der Waals surface area contributed by atoms with Gasteiger partial charge in [-0.3, -0.25) is 0 Å². The third kappa shape index (κ3) is 6.34. The molecule has 0 saturated carbocycles. The second kappa shape index (κ2) is 6.06. The second-order valence-corrected chi connectivity index (χ2v) is 10.6. The molecule has 0 atom stereocenters. The van der Waals surface area contributed by atoms with Crippen molar-refractivity contribution < 1.29 is 0 Å². The number of benzene rings is 1. The lowest BCUT2D eigenvalue weighted by Crippen LogP contribution is -2.22. The van der Waals surface area contributed by atoms with Gasteiger partial charge in [0.1, 0.15) is 0 Å². The molecule has 1 aromatic rings. The summed E-state index contributed by atoms with van der Waals surface area (Å²) in [6.07, 6.45) is 2.60. The van der Waals surface area contributed by atoms with Crippen molar-refractivity contribution in [2.45, 2.75) is 41.5 Å². The molecule has 0 radical (unpaired) electrons. The Balaban J connectivity index is 2.97. The van der Waals surface area contributed by atoms with Crippen LogP contribution in [0.25, 0.3) is 0 Å². The van der Waals surface area contributed by atoms with Crippen LogP contribution < -0.4 is 5.30 Å². The van der Waals surface area contributed by atoms with Crippen molar-refractivity contribution >= 4 is 29.2 Å². The molecule has 0 bridgehead atoms. The van der Waals surface area contributed by atoms with E-state index in [-0.39, 0.29) is 7.92 Å². The Morgan fingerprint density at radius 3 is 1.83 bits per heavy atom. The molecule has 1 rings (SSSR count). The topological polar surface area (TPSA) is 0 Å². The monoisotopic (exact) mass is 328 g/mol. The Hall–Kier alpha value is 0.130. The van der Waals surface area contributed by atoms with Gasteiger partial charge in [0.05, 0.1) is 0 Å². The number of hydrogen-bond donors (Lipinski definition) is 0. The molecule has 1 aromatic carbocycles. The van der Waals surface area contributed by atoms with E-state index in [1.54, 1.807) is 0 Å². The van der Waals surface area contributed by atoms with E-state index in [9.17, 15) is 0 Å². The van der Waals surface area contributed by atoms with E-state index in [1.165, 1.54) is 22.1 Å². The molecule has 2 heteroatoms. The standard InChI is InChI=1S/C16H26BrP/c1-15(2,3)11-18(12-16(4,5)6)14-9-7-8-13(17)10-14/h7-10H,11-12H2,1-6H3. The van der Waals surface area contributed by atoms with Crippen molar-refractivity contribution in [1.82, 2.24) is 0 Å². The predicted octanol–water partition coefficient (Wildman–Crippen LogP) is 5.65. The highest BCUT2D eigenvalue weighted by molar-refractivity contribution is 9.10. The lowest BCUT2D eigenvalue weighted by Gasteiger charge is -2.32. The first-order valence-electron chi connectivity index (χ1n) is 6.57. The summed E-state index contributed by atoms with van der Waals surface area (Å²) in [4.78, 5) is 0. The second-order valence-electron chi connectivity index (χ2n) is 7.46. The fourth-order valence-corrected chi connectivity index (χ4v) is 6.02. The molecule has 0 aliphatic rings. The zero-order valence-electron chi connectivity index (χ0n) is 12.5. The molecular formula is C16H26BrP. The highest BCUT2D eigenvalue weighted by Gasteiger charge is 2.24. The van der Waals surface area contributed by atoms with Gasteiger partial charge in [-0.2, -0.15) is 0 Å². The minimum Gasteiger partial charge on any atom is -0.0742 e. The molecule has 0 aliphatic heterocycles. The van der Waals surface area contributed by atoms with Crippen LogP contribution in [0.5, 0.6) is 0 Å². The van der Waals surface area contributed by atoms with Gasteiger partial charge in [0.25, 0.3) is 0 Å². The Morgan fingerprint density at radius 2 is 1.44 bits per heavy atom. The van der Waals surface area contributed by atoms with Crippen LogP contribution in [0.4, 0.5) is 0 Å². The number of hydrogen-bond acceptors (Lipinski definition) is 0. The van der Waals surface area contributed by atoms with Gasteiger partial charge in [-0.05, 0) is 40.6 Å². The third-order valence-electron chi connectivity index (χ3n) is 2.50. The van der Waals surface area contributed by atoms with Gasteiger partial charge < -0.3 is 0 Å². The highest BCUT2D eigenvalue weighted by Crippen LogP contribution is 2.45. The van der Waals surface area contributed by atoms with Gasteiger partial charge in [0.15, 0.2) is 0 Å². The molecule has 0 nitrogen and oxygen atoms in total. The van der Waals surface area contributed by atoms with Crippen LogP contribution in [0.15, 0.2) is 28.7 Å². The molecule has 0 amide bonds. The van der Waals surface area contributed by atoms with E-state index < -0.39 is 0 Å². The molecule has 0 heterocycles. The van der Waals surface area contributed by atoms with E-state index in [0.717, 1.165) is 0 Å². The predicted molar refractivity (Wildman–Crippen MR) is 89.3 cm³/mol. The fraction of sp³-hybridized carbons (Fsp3) is 0.625. The molecule has 0 aromatic heterocycles. The first kappa shape index (κ1) is 16.2. The Morgan fingerprint density at radius 1 is 0.944 bits per heavy atom. The summed E-state index contributed by atoms with van der Waals surface area (Å²) in [6, 6.07) is 8.89. The lowest BCUT2D eigenvalue weighted by atomic mass is 10.0. The summed E-state index contributed by atoms with van der Waals surface area (Å²) < 4.78 is 1.20. The molecular weight excluding hydrogens is 303 g/mol. The quantitative estimate of drug-likeness (QED) is 0.629. The molecule has 102 valence electrons. The van der Waals surface area contributed by atoms with Crippen molar-refractivity contribution in [3.63, 3.8) is 0 Å². The van der Waals surface area contributed by atoms with Gasteiger partial charge >= 0.3 is 0 Å². The normalized spacial score (nSPS) is 13.1. The van der Waals surface area contributed by atoms with E-state index in [1.807, 2.05) is 0 Å². The minimum absolute atomic E-state index is 0.0781. The number of halogens is 1. The molecule has 0 saturated heterocycles. The van der Waals surface area contributed by atoms with Crippen LogP contribution in [0.1, 0.15) is 41.5 Å². The summed E-state index contributed by atoms with van der Waals surface area (Å²) in [7, 11) is -0.0781. The van der Waals surface area contributed by atoms with Crippen molar-refractivity contribution in [1.29, 1.82) is 0 Å². The molecule has 0 unspecified atom stereocenters. The zero-order valence-corrected chi connectivity index (χ0v) is 15.0. The van der Waals surface area contributed by atoms with Crippen LogP contribution in [-0.4, -0.2) is 12.3 Å². The molecule has 0 aliphatic carbocycles.